The molecular weight excluding hydrogens is 281 g/mol. The molecule has 1 heterocycles. The molecule has 0 amide bonds. The van der Waals surface area contributed by atoms with Crippen molar-refractivity contribution in [3.05, 3.63) is 47.5 Å². The molecule has 2 rings (SSSR count). The Hall–Kier alpha value is -2.50. The van der Waals surface area contributed by atoms with Gasteiger partial charge in [0.15, 0.2) is 5.82 Å². The fourth-order valence-corrected chi connectivity index (χ4v) is 1.72. The minimum absolute atomic E-state index is 0.224. The Kier molecular flexibility index (Phi) is 5.04. The number of aromatic nitrogens is 2. The quantitative estimate of drug-likeness (QED) is 0.680. The first-order valence-corrected chi connectivity index (χ1v) is 7.06. The lowest BCUT2D eigenvalue weighted by atomic mass is 10.2. The van der Waals surface area contributed by atoms with Crippen molar-refractivity contribution in [2.24, 2.45) is 5.10 Å². The van der Waals surface area contributed by atoms with E-state index in [4.69, 9.17) is 0 Å². The number of anilines is 2. The van der Waals surface area contributed by atoms with E-state index in [1.807, 2.05) is 38.9 Å². The first-order valence-electron chi connectivity index (χ1n) is 7.06. The van der Waals surface area contributed by atoms with Gasteiger partial charge >= 0.3 is 0 Å². The summed E-state index contributed by atoms with van der Waals surface area (Å²) in [4.78, 5) is 10.8. The summed E-state index contributed by atoms with van der Waals surface area (Å²) in [6.45, 7) is 4.08. The van der Waals surface area contributed by atoms with Crippen molar-refractivity contribution in [2.45, 2.75) is 19.8 Å². The van der Waals surface area contributed by atoms with Crippen molar-refractivity contribution in [1.29, 1.82) is 0 Å². The predicted molar refractivity (Wildman–Crippen MR) is 88.1 cm³/mol. The van der Waals surface area contributed by atoms with Crippen molar-refractivity contribution >= 4 is 17.9 Å². The van der Waals surface area contributed by atoms with Crippen LogP contribution in [0.3, 0.4) is 0 Å². The first-order chi connectivity index (χ1) is 10.5. The zero-order valence-corrected chi connectivity index (χ0v) is 13.2. The third-order valence-electron chi connectivity index (χ3n) is 2.97. The summed E-state index contributed by atoms with van der Waals surface area (Å²) < 4.78 is 12.8. The van der Waals surface area contributed by atoms with Gasteiger partial charge in [-0.2, -0.15) is 5.10 Å². The van der Waals surface area contributed by atoms with E-state index in [0.717, 1.165) is 17.2 Å². The topological polar surface area (TPSA) is 53.4 Å². The fraction of sp³-hybridized carbons (Fsp3) is 0.312. The summed E-state index contributed by atoms with van der Waals surface area (Å²) in [5, 5.41) is 4.14. The van der Waals surface area contributed by atoms with Crippen molar-refractivity contribution < 1.29 is 4.39 Å². The molecule has 1 aromatic heterocycles. The lowest BCUT2D eigenvalue weighted by Crippen LogP contribution is -2.13. The normalized spacial score (nSPS) is 11.2. The van der Waals surface area contributed by atoms with Gasteiger partial charge in [0.25, 0.3) is 0 Å². The van der Waals surface area contributed by atoms with Gasteiger partial charge in [0.2, 0.25) is 0 Å². The van der Waals surface area contributed by atoms with Crippen LogP contribution >= 0.6 is 0 Å². The number of halogens is 1. The van der Waals surface area contributed by atoms with Crippen LogP contribution in [0.5, 0.6) is 0 Å². The predicted octanol–water partition coefficient (Wildman–Crippen LogP) is 3.25. The molecule has 0 atom stereocenters. The van der Waals surface area contributed by atoms with Gasteiger partial charge in [0.1, 0.15) is 17.5 Å². The van der Waals surface area contributed by atoms with E-state index in [2.05, 4.69) is 20.5 Å². The van der Waals surface area contributed by atoms with Crippen LogP contribution in [0.4, 0.5) is 16.0 Å². The SMILES string of the molecule is CC(C)c1nc(NN=Cc2ccc(F)cc2)cc(N(C)C)n1. The van der Waals surface area contributed by atoms with E-state index < -0.39 is 0 Å². The Bertz CT molecular complexity index is 624. The highest BCUT2D eigenvalue weighted by Crippen LogP contribution is 2.18. The maximum atomic E-state index is 12.8. The molecule has 0 unspecified atom stereocenters. The smallest absolute Gasteiger partial charge is 0.152 e. The van der Waals surface area contributed by atoms with Gasteiger partial charge in [-0.1, -0.05) is 26.0 Å². The minimum atomic E-state index is -0.266. The third kappa shape index (κ3) is 4.25. The molecule has 0 saturated heterocycles. The average Bonchev–Trinajstić information content (AvgIpc) is 2.49. The number of rotatable bonds is 5. The maximum Gasteiger partial charge on any atom is 0.152 e. The molecule has 0 radical (unpaired) electrons. The summed E-state index contributed by atoms with van der Waals surface area (Å²) in [5.41, 5.74) is 3.70. The second-order valence-electron chi connectivity index (χ2n) is 5.44. The van der Waals surface area contributed by atoms with Crippen molar-refractivity contribution in [1.82, 2.24) is 9.97 Å². The van der Waals surface area contributed by atoms with Crippen LogP contribution in [0, 0.1) is 5.82 Å². The zero-order chi connectivity index (χ0) is 16.1. The molecule has 0 aliphatic heterocycles. The number of hydrogen-bond acceptors (Lipinski definition) is 5. The maximum absolute atomic E-state index is 12.8. The Morgan fingerprint density at radius 2 is 1.86 bits per heavy atom. The molecule has 0 aliphatic carbocycles. The molecule has 0 saturated carbocycles. The van der Waals surface area contributed by atoms with Gasteiger partial charge < -0.3 is 4.90 Å². The van der Waals surface area contributed by atoms with Crippen LogP contribution < -0.4 is 10.3 Å². The molecule has 1 aromatic carbocycles. The Labute approximate surface area is 129 Å². The number of benzene rings is 1. The first kappa shape index (κ1) is 15.9. The van der Waals surface area contributed by atoms with Crippen molar-refractivity contribution in [3.63, 3.8) is 0 Å². The highest BCUT2D eigenvalue weighted by Gasteiger charge is 2.08. The summed E-state index contributed by atoms with van der Waals surface area (Å²) in [6, 6.07) is 7.94. The number of hydrazone groups is 1. The molecule has 2 aromatic rings. The molecule has 5 nitrogen and oxygen atoms in total. The summed E-state index contributed by atoms with van der Waals surface area (Å²) >= 11 is 0. The van der Waals surface area contributed by atoms with Crippen LogP contribution in [0.25, 0.3) is 0 Å². The van der Waals surface area contributed by atoms with Crippen LogP contribution in [-0.2, 0) is 0 Å². The lowest BCUT2D eigenvalue weighted by molar-refractivity contribution is 0.628. The van der Waals surface area contributed by atoms with Gasteiger partial charge in [-0.05, 0) is 17.7 Å². The van der Waals surface area contributed by atoms with Crippen LogP contribution in [-0.4, -0.2) is 30.3 Å². The highest BCUT2D eigenvalue weighted by molar-refractivity contribution is 5.80. The minimum Gasteiger partial charge on any atom is -0.363 e. The van der Waals surface area contributed by atoms with E-state index in [1.54, 1.807) is 18.3 Å². The Balaban J connectivity index is 2.16. The summed E-state index contributed by atoms with van der Waals surface area (Å²) in [5.74, 6) is 2.16. The van der Waals surface area contributed by atoms with Gasteiger partial charge in [-0.3, -0.25) is 5.43 Å². The van der Waals surface area contributed by atoms with E-state index >= 15 is 0 Å². The van der Waals surface area contributed by atoms with Crippen LogP contribution in [0.2, 0.25) is 0 Å². The standard InChI is InChI=1S/C16H20FN5/c1-11(2)16-19-14(9-15(20-16)22(3)4)21-18-10-12-5-7-13(17)8-6-12/h5-11H,1-4H3,(H,19,20,21). The largest absolute Gasteiger partial charge is 0.363 e. The molecule has 0 bridgehead atoms. The van der Waals surface area contributed by atoms with Gasteiger partial charge in [-0.25, -0.2) is 14.4 Å². The van der Waals surface area contributed by atoms with Crippen LogP contribution in [0.15, 0.2) is 35.4 Å². The van der Waals surface area contributed by atoms with Crippen molar-refractivity contribution in [2.75, 3.05) is 24.4 Å². The molecule has 0 fully saturated rings. The van der Waals surface area contributed by atoms with Gasteiger partial charge in [-0.15, -0.1) is 0 Å². The number of nitrogens with zero attached hydrogens (tertiary/aromatic N) is 4. The van der Waals surface area contributed by atoms with E-state index in [0.29, 0.717) is 5.82 Å². The van der Waals surface area contributed by atoms with Gasteiger partial charge in [0, 0.05) is 26.1 Å². The third-order valence-corrected chi connectivity index (χ3v) is 2.97. The molecular formula is C16H20FN5. The lowest BCUT2D eigenvalue weighted by Gasteiger charge is -2.15. The van der Waals surface area contributed by atoms with E-state index in [1.165, 1.54) is 12.1 Å². The fourth-order valence-electron chi connectivity index (χ4n) is 1.72. The number of hydrogen-bond donors (Lipinski definition) is 1. The van der Waals surface area contributed by atoms with Gasteiger partial charge in [0.05, 0.1) is 6.21 Å². The molecule has 116 valence electrons. The highest BCUT2D eigenvalue weighted by atomic mass is 19.1. The van der Waals surface area contributed by atoms with Crippen LogP contribution in [0.1, 0.15) is 31.2 Å². The molecule has 0 spiro atoms. The second-order valence-corrected chi connectivity index (χ2v) is 5.44. The summed E-state index contributed by atoms with van der Waals surface area (Å²) in [6.07, 6.45) is 1.62. The summed E-state index contributed by atoms with van der Waals surface area (Å²) in [7, 11) is 3.86. The Morgan fingerprint density at radius 1 is 1.18 bits per heavy atom. The molecule has 0 aliphatic rings. The molecule has 6 heteroatoms. The molecule has 1 N–H and O–H groups in total. The zero-order valence-electron chi connectivity index (χ0n) is 13.2. The number of nitrogens with one attached hydrogen (secondary N) is 1. The molecule has 22 heavy (non-hydrogen) atoms. The van der Waals surface area contributed by atoms with Crippen molar-refractivity contribution in [3.8, 4) is 0 Å². The van der Waals surface area contributed by atoms with E-state index in [9.17, 15) is 4.39 Å². The average molecular weight is 301 g/mol. The van der Waals surface area contributed by atoms with E-state index in [-0.39, 0.29) is 11.7 Å². The second kappa shape index (κ2) is 6.98. The monoisotopic (exact) mass is 301 g/mol. The Morgan fingerprint density at radius 3 is 2.45 bits per heavy atom.